The summed E-state index contributed by atoms with van der Waals surface area (Å²) in [5, 5.41) is 0. The highest BCUT2D eigenvalue weighted by Gasteiger charge is 2.38. The van der Waals surface area contributed by atoms with Gasteiger partial charge >= 0.3 is 6.09 Å². The van der Waals surface area contributed by atoms with Gasteiger partial charge < -0.3 is 4.74 Å². The minimum Gasteiger partial charge on any atom is -0.447 e. The molecule has 6 heteroatoms. The summed E-state index contributed by atoms with van der Waals surface area (Å²) < 4.78 is 19.6. The second kappa shape index (κ2) is 6.43. The van der Waals surface area contributed by atoms with Gasteiger partial charge in [0.05, 0.1) is 6.20 Å². The number of hydrogen-bond donors (Lipinski definition) is 0. The molecule has 2 fully saturated rings. The lowest BCUT2D eigenvalue weighted by atomic mass is 10.0. The lowest BCUT2D eigenvalue weighted by molar-refractivity contribution is 0.178. The summed E-state index contributed by atoms with van der Waals surface area (Å²) in [7, 11) is 0. The lowest BCUT2D eigenvalue weighted by Crippen LogP contribution is -2.29. The van der Waals surface area contributed by atoms with E-state index in [1.165, 1.54) is 17.7 Å². The number of carbonyl (C=O) groups excluding carboxylic acids is 1. The average Bonchev–Trinajstić information content (AvgIpc) is 3.40. The molecular formula is C19H20FN3O2. The molecule has 0 spiro atoms. The van der Waals surface area contributed by atoms with E-state index >= 15 is 0 Å². The number of carbonyl (C=O) groups is 1. The van der Waals surface area contributed by atoms with Gasteiger partial charge in [0.15, 0.2) is 11.6 Å². The van der Waals surface area contributed by atoms with E-state index in [1.54, 1.807) is 0 Å². The van der Waals surface area contributed by atoms with Gasteiger partial charge in [0.2, 0.25) is 0 Å². The van der Waals surface area contributed by atoms with Crippen molar-refractivity contribution in [2.45, 2.75) is 32.2 Å². The van der Waals surface area contributed by atoms with Crippen LogP contribution in [-0.2, 0) is 11.2 Å². The number of ether oxygens (including phenoxy) is 1. The zero-order valence-electron chi connectivity index (χ0n) is 14.1. The summed E-state index contributed by atoms with van der Waals surface area (Å²) in [6.45, 7) is 2.35. The van der Waals surface area contributed by atoms with Crippen LogP contribution in [0.25, 0.3) is 0 Å². The van der Waals surface area contributed by atoms with Crippen LogP contribution in [-0.4, -0.2) is 22.7 Å². The molecule has 1 aliphatic carbocycles. The van der Waals surface area contributed by atoms with Crippen LogP contribution in [0.3, 0.4) is 0 Å². The highest BCUT2D eigenvalue weighted by molar-refractivity contribution is 5.89. The van der Waals surface area contributed by atoms with Gasteiger partial charge in [0.25, 0.3) is 0 Å². The van der Waals surface area contributed by atoms with E-state index in [0.717, 1.165) is 11.8 Å². The third kappa shape index (κ3) is 3.21. The van der Waals surface area contributed by atoms with E-state index in [2.05, 4.69) is 16.9 Å². The van der Waals surface area contributed by atoms with Gasteiger partial charge in [-0.15, -0.1) is 0 Å². The Morgan fingerprint density at radius 1 is 1.32 bits per heavy atom. The van der Waals surface area contributed by atoms with Gasteiger partial charge in [-0.25, -0.2) is 24.1 Å². The first-order chi connectivity index (χ1) is 12.1. The van der Waals surface area contributed by atoms with E-state index in [-0.39, 0.29) is 18.5 Å². The smallest absolute Gasteiger partial charge is 0.416 e. The largest absolute Gasteiger partial charge is 0.447 e. The van der Waals surface area contributed by atoms with E-state index in [0.29, 0.717) is 24.1 Å². The Bertz CT molecular complexity index is 779. The Hall–Kier alpha value is -2.50. The molecule has 0 radical (unpaired) electrons. The second-order valence-corrected chi connectivity index (χ2v) is 6.85. The Balaban J connectivity index is 1.65. The SMILES string of the molecule is C[C@H](Cc1ncc(F)c(N2C(=O)OC[C@@H]2c2ccccc2)n1)C1CC1. The molecule has 1 aliphatic heterocycles. The summed E-state index contributed by atoms with van der Waals surface area (Å²) in [4.78, 5) is 22.0. The highest BCUT2D eigenvalue weighted by atomic mass is 19.1. The van der Waals surface area contributed by atoms with Crippen LogP contribution in [0.15, 0.2) is 36.5 Å². The fraction of sp³-hybridized carbons (Fsp3) is 0.421. The number of cyclic esters (lactones) is 1. The van der Waals surface area contributed by atoms with Crippen LogP contribution in [0.1, 0.15) is 37.2 Å². The predicted molar refractivity (Wildman–Crippen MR) is 90.6 cm³/mol. The second-order valence-electron chi connectivity index (χ2n) is 6.85. The van der Waals surface area contributed by atoms with Gasteiger partial charge in [-0.2, -0.15) is 0 Å². The van der Waals surface area contributed by atoms with Crippen molar-refractivity contribution in [1.82, 2.24) is 9.97 Å². The molecule has 2 aliphatic rings. The number of amides is 1. The van der Waals surface area contributed by atoms with E-state index < -0.39 is 11.9 Å². The summed E-state index contributed by atoms with van der Waals surface area (Å²) in [5.74, 6) is 1.15. The molecule has 1 saturated carbocycles. The van der Waals surface area contributed by atoms with Crippen LogP contribution >= 0.6 is 0 Å². The van der Waals surface area contributed by atoms with Gasteiger partial charge in [-0.05, 0) is 30.2 Å². The van der Waals surface area contributed by atoms with Gasteiger partial charge in [0, 0.05) is 6.42 Å². The third-order valence-corrected chi connectivity index (χ3v) is 4.99. The number of hydrogen-bond acceptors (Lipinski definition) is 4. The predicted octanol–water partition coefficient (Wildman–Crippen LogP) is 3.90. The molecule has 4 rings (SSSR count). The molecule has 1 aromatic heterocycles. The van der Waals surface area contributed by atoms with Crippen molar-refractivity contribution in [1.29, 1.82) is 0 Å². The number of nitrogens with zero attached hydrogens (tertiary/aromatic N) is 3. The van der Waals surface area contributed by atoms with Gasteiger partial charge in [-0.1, -0.05) is 37.3 Å². The average molecular weight is 341 g/mol. The monoisotopic (exact) mass is 341 g/mol. The van der Waals surface area contributed by atoms with Crippen molar-refractivity contribution >= 4 is 11.9 Å². The Kier molecular flexibility index (Phi) is 4.11. The van der Waals surface area contributed by atoms with Crippen LogP contribution < -0.4 is 4.90 Å². The summed E-state index contributed by atoms with van der Waals surface area (Å²) in [5.41, 5.74) is 0.888. The Morgan fingerprint density at radius 2 is 2.08 bits per heavy atom. The molecule has 0 bridgehead atoms. The van der Waals surface area contributed by atoms with Crippen LogP contribution in [0, 0.1) is 17.7 Å². The molecule has 1 saturated heterocycles. The summed E-state index contributed by atoms with van der Waals surface area (Å²) in [6, 6.07) is 9.08. The van der Waals surface area contributed by atoms with Gasteiger partial charge in [0.1, 0.15) is 18.5 Å². The fourth-order valence-electron chi connectivity index (χ4n) is 3.36. The highest BCUT2D eigenvalue weighted by Crippen LogP contribution is 2.38. The van der Waals surface area contributed by atoms with Crippen molar-refractivity contribution in [3.63, 3.8) is 0 Å². The van der Waals surface area contributed by atoms with Crippen LogP contribution in [0.4, 0.5) is 15.0 Å². The van der Waals surface area contributed by atoms with Crippen molar-refractivity contribution in [2.75, 3.05) is 11.5 Å². The number of anilines is 1. The Morgan fingerprint density at radius 3 is 2.80 bits per heavy atom. The summed E-state index contributed by atoms with van der Waals surface area (Å²) >= 11 is 0. The molecule has 2 atom stereocenters. The maximum atomic E-state index is 14.4. The Labute approximate surface area is 145 Å². The van der Waals surface area contributed by atoms with E-state index in [9.17, 15) is 9.18 Å². The topological polar surface area (TPSA) is 55.3 Å². The van der Waals surface area contributed by atoms with Crippen LogP contribution in [0.2, 0.25) is 0 Å². The molecule has 5 nitrogen and oxygen atoms in total. The molecular weight excluding hydrogens is 321 g/mol. The molecule has 130 valence electrons. The molecule has 2 aromatic rings. The van der Waals surface area contributed by atoms with Crippen molar-refractivity contribution in [3.8, 4) is 0 Å². The molecule has 1 amide bonds. The minimum atomic E-state index is -0.609. The van der Waals surface area contributed by atoms with Crippen molar-refractivity contribution < 1.29 is 13.9 Å². The zero-order chi connectivity index (χ0) is 17.4. The zero-order valence-corrected chi connectivity index (χ0v) is 14.1. The number of benzene rings is 1. The normalized spacial score (nSPS) is 21.3. The molecule has 0 N–H and O–H groups in total. The van der Waals surface area contributed by atoms with Crippen LogP contribution in [0.5, 0.6) is 0 Å². The first-order valence-corrected chi connectivity index (χ1v) is 8.66. The van der Waals surface area contributed by atoms with E-state index in [1.807, 2.05) is 30.3 Å². The molecule has 2 heterocycles. The third-order valence-electron chi connectivity index (χ3n) is 4.99. The first-order valence-electron chi connectivity index (χ1n) is 8.66. The van der Waals surface area contributed by atoms with E-state index in [4.69, 9.17) is 4.74 Å². The maximum absolute atomic E-state index is 14.4. The summed E-state index contributed by atoms with van der Waals surface area (Å²) in [6.07, 6.45) is 3.75. The lowest BCUT2D eigenvalue weighted by Gasteiger charge is -2.21. The van der Waals surface area contributed by atoms with Crippen molar-refractivity contribution in [3.05, 3.63) is 53.7 Å². The fourth-order valence-corrected chi connectivity index (χ4v) is 3.36. The number of aromatic nitrogens is 2. The first kappa shape index (κ1) is 16.0. The quantitative estimate of drug-likeness (QED) is 0.827. The van der Waals surface area contributed by atoms with Gasteiger partial charge in [-0.3, -0.25) is 0 Å². The maximum Gasteiger partial charge on any atom is 0.416 e. The number of halogens is 1. The number of rotatable bonds is 5. The molecule has 25 heavy (non-hydrogen) atoms. The standard InChI is InChI=1S/C19H20FN3O2/c1-12(13-7-8-13)9-17-21-10-15(20)18(22-17)23-16(11-25-19(23)24)14-5-3-2-4-6-14/h2-6,10,12-13,16H,7-9,11H2,1H3/t12-,16-/m1/s1. The molecule has 1 aromatic carbocycles. The minimum absolute atomic E-state index is 0.00403. The molecule has 0 unspecified atom stereocenters. The van der Waals surface area contributed by atoms with Crippen molar-refractivity contribution in [2.24, 2.45) is 11.8 Å².